The summed E-state index contributed by atoms with van der Waals surface area (Å²) in [6, 6.07) is 15.8. The maximum atomic E-state index is 6.33. The Morgan fingerprint density at radius 2 is 1.52 bits per heavy atom. The van der Waals surface area contributed by atoms with Crippen LogP contribution in [-0.2, 0) is 0 Å². The third kappa shape index (κ3) is 3.84. The molecule has 0 saturated carbocycles. The molecule has 2 aromatic heterocycles. The van der Waals surface area contributed by atoms with Gasteiger partial charge in [-0.1, -0.05) is 24.3 Å². The van der Waals surface area contributed by atoms with Crippen LogP contribution in [0.3, 0.4) is 0 Å². The monoisotopic (exact) mass is 362 g/mol. The van der Waals surface area contributed by atoms with Crippen molar-refractivity contribution in [2.24, 2.45) is 0 Å². The van der Waals surface area contributed by atoms with Gasteiger partial charge >= 0.3 is 0 Å². The summed E-state index contributed by atoms with van der Waals surface area (Å²) in [5.41, 5.74) is 14.0. The van der Waals surface area contributed by atoms with Gasteiger partial charge in [-0.25, -0.2) is 15.0 Å². The van der Waals surface area contributed by atoms with Crippen molar-refractivity contribution in [3.63, 3.8) is 0 Å². The standard InChI is InChI=1S/C19H22N8/c20-17-18(25-24-15-6-2-1-3-7-15)22-14-23-19(17)27-12-10-26(11-13-27)16-8-4-5-9-21-16/h1-9,14,24H,10-13,20H2,(H,22,23,25). The number of aromatic nitrogens is 3. The predicted molar refractivity (Wildman–Crippen MR) is 109 cm³/mol. The summed E-state index contributed by atoms with van der Waals surface area (Å²) in [5, 5.41) is 0. The normalized spacial score (nSPS) is 14.1. The number of nitrogen functional groups attached to an aromatic ring is 1. The lowest BCUT2D eigenvalue weighted by molar-refractivity contribution is 0.642. The van der Waals surface area contributed by atoms with Crippen molar-refractivity contribution in [2.75, 3.05) is 52.6 Å². The first-order valence-corrected chi connectivity index (χ1v) is 8.90. The molecular weight excluding hydrogens is 340 g/mol. The summed E-state index contributed by atoms with van der Waals surface area (Å²) in [6.45, 7) is 3.38. The largest absolute Gasteiger partial charge is 0.393 e. The molecule has 1 aliphatic rings. The Labute approximate surface area is 158 Å². The molecule has 0 amide bonds. The van der Waals surface area contributed by atoms with Crippen LogP contribution >= 0.6 is 0 Å². The molecule has 8 heteroatoms. The molecule has 0 radical (unpaired) electrons. The second kappa shape index (κ2) is 7.77. The first-order chi connectivity index (χ1) is 13.3. The summed E-state index contributed by atoms with van der Waals surface area (Å²) in [4.78, 5) is 17.5. The van der Waals surface area contributed by atoms with Crippen molar-refractivity contribution in [2.45, 2.75) is 0 Å². The molecule has 3 heterocycles. The molecular formula is C19H22N8. The number of piperazine rings is 1. The van der Waals surface area contributed by atoms with Crippen molar-refractivity contribution in [1.29, 1.82) is 0 Å². The minimum absolute atomic E-state index is 0.534. The highest BCUT2D eigenvalue weighted by Crippen LogP contribution is 2.27. The van der Waals surface area contributed by atoms with Gasteiger partial charge in [0.25, 0.3) is 0 Å². The smallest absolute Gasteiger partial charge is 0.173 e. The lowest BCUT2D eigenvalue weighted by Crippen LogP contribution is -2.47. The summed E-state index contributed by atoms with van der Waals surface area (Å²) >= 11 is 0. The van der Waals surface area contributed by atoms with E-state index in [0.717, 1.165) is 43.5 Å². The van der Waals surface area contributed by atoms with Crippen LogP contribution in [0.4, 0.5) is 28.8 Å². The van der Waals surface area contributed by atoms with E-state index >= 15 is 0 Å². The summed E-state index contributed by atoms with van der Waals surface area (Å²) in [6.07, 6.45) is 3.35. The van der Waals surface area contributed by atoms with Crippen LogP contribution in [-0.4, -0.2) is 41.1 Å². The molecule has 8 nitrogen and oxygen atoms in total. The van der Waals surface area contributed by atoms with E-state index in [9.17, 15) is 0 Å². The van der Waals surface area contributed by atoms with E-state index in [1.165, 1.54) is 6.33 Å². The van der Waals surface area contributed by atoms with E-state index in [1.807, 2.05) is 54.7 Å². The molecule has 0 unspecified atom stereocenters. The number of pyridine rings is 1. The predicted octanol–water partition coefficient (Wildman–Crippen LogP) is 2.22. The maximum Gasteiger partial charge on any atom is 0.173 e. The number of hydrogen-bond acceptors (Lipinski definition) is 8. The Hall–Kier alpha value is -3.55. The number of hydrazine groups is 1. The van der Waals surface area contributed by atoms with Gasteiger partial charge in [0.2, 0.25) is 0 Å². The van der Waals surface area contributed by atoms with E-state index in [4.69, 9.17) is 5.73 Å². The molecule has 27 heavy (non-hydrogen) atoms. The Morgan fingerprint density at radius 3 is 2.26 bits per heavy atom. The topological polar surface area (TPSA) is 95.2 Å². The molecule has 1 fully saturated rings. The Bertz CT molecular complexity index is 863. The van der Waals surface area contributed by atoms with Crippen LogP contribution < -0.4 is 26.4 Å². The third-order valence-electron chi connectivity index (χ3n) is 4.51. The lowest BCUT2D eigenvalue weighted by Gasteiger charge is -2.36. The van der Waals surface area contributed by atoms with Gasteiger partial charge in [0.1, 0.15) is 17.8 Å². The van der Waals surface area contributed by atoms with E-state index in [1.54, 1.807) is 0 Å². The highest BCUT2D eigenvalue weighted by molar-refractivity contribution is 5.76. The summed E-state index contributed by atoms with van der Waals surface area (Å²) in [7, 11) is 0. The molecule has 1 saturated heterocycles. The number of nitrogens with two attached hydrogens (primary N) is 1. The van der Waals surface area contributed by atoms with Crippen molar-refractivity contribution < 1.29 is 0 Å². The molecule has 1 aromatic carbocycles. The van der Waals surface area contributed by atoms with E-state index in [0.29, 0.717) is 11.5 Å². The van der Waals surface area contributed by atoms with Gasteiger partial charge in [0.05, 0.1) is 5.69 Å². The van der Waals surface area contributed by atoms with Crippen LogP contribution in [0.2, 0.25) is 0 Å². The van der Waals surface area contributed by atoms with Crippen molar-refractivity contribution >= 4 is 28.8 Å². The molecule has 4 N–H and O–H groups in total. The molecule has 0 spiro atoms. The van der Waals surface area contributed by atoms with Crippen LogP contribution in [0, 0.1) is 0 Å². The fraction of sp³-hybridized carbons (Fsp3) is 0.211. The average Bonchev–Trinajstić information content (AvgIpc) is 2.75. The van der Waals surface area contributed by atoms with Crippen molar-refractivity contribution in [3.05, 3.63) is 61.1 Å². The van der Waals surface area contributed by atoms with Crippen molar-refractivity contribution in [3.8, 4) is 0 Å². The summed E-state index contributed by atoms with van der Waals surface area (Å²) < 4.78 is 0. The minimum atomic E-state index is 0.534. The van der Waals surface area contributed by atoms with Crippen LogP contribution in [0.15, 0.2) is 61.1 Å². The molecule has 1 aliphatic heterocycles. The van der Waals surface area contributed by atoms with Gasteiger partial charge in [-0.2, -0.15) is 0 Å². The summed E-state index contributed by atoms with van der Waals surface area (Å²) in [5.74, 6) is 2.32. The van der Waals surface area contributed by atoms with Gasteiger partial charge in [-0.15, -0.1) is 0 Å². The van der Waals surface area contributed by atoms with E-state index in [-0.39, 0.29) is 0 Å². The fourth-order valence-electron chi connectivity index (χ4n) is 3.08. The molecule has 4 rings (SSSR count). The average molecular weight is 362 g/mol. The molecule has 0 aliphatic carbocycles. The number of hydrogen-bond donors (Lipinski definition) is 3. The fourth-order valence-corrected chi connectivity index (χ4v) is 3.08. The minimum Gasteiger partial charge on any atom is -0.393 e. The quantitative estimate of drug-likeness (QED) is 0.595. The van der Waals surface area contributed by atoms with Gasteiger partial charge in [0, 0.05) is 32.4 Å². The van der Waals surface area contributed by atoms with Crippen molar-refractivity contribution in [1.82, 2.24) is 15.0 Å². The first-order valence-electron chi connectivity index (χ1n) is 8.90. The number of rotatable bonds is 5. The number of nitrogens with zero attached hydrogens (tertiary/aromatic N) is 5. The maximum absolute atomic E-state index is 6.33. The highest BCUT2D eigenvalue weighted by Gasteiger charge is 2.21. The number of nitrogens with one attached hydrogen (secondary N) is 2. The second-order valence-electron chi connectivity index (χ2n) is 6.24. The zero-order valence-electron chi connectivity index (χ0n) is 14.9. The molecule has 0 atom stereocenters. The van der Waals surface area contributed by atoms with Gasteiger partial charge < -0.3 is 15.5 Å². The molecule has 0 bridgehead atoms. The van der Waals surface area contributed by atoms with Gasteiger partial charge in [-0.05, 0) is 24.3 Å². The van der Waals surface area contributed by atoms with E-state index in [2.05, 4.69) is 35.6 Å². The highest BCUT2D eigenvalue weighted by atomic mass is 15.4. The third-order valence-corrected chi connectivity index (χ3v) is 4.51. The van der Waals surface area contributed by atoms with Crippen LogP contribution in [0.1, 0.15) is 0 Å². The van der Waals surface area contributed by atoms with Crippen LogP contribution in [0.25, 0.3) is 0 Å². The molecule has 138 valence electrons. The lowest BCUT2D eigenvalue weighted by atomic mass is 10.3. The number of anilines is 5. The Kier molecular flexibility index (Phi) is 4.86. The zero-order valence-corrected chi connectivity index (χ0v) is 14.9. The Morgan fingerprint density at radius 1 is 0.778 bits per heavy atom. The number of benzene rings is 1. The Balaban J connectivity index is 1.42. The van der Waals surface area contributed by atoms with Gasteiger partial charge in [-0.3, -0.25) is 10.9 Å². The number of para-hydroxylation sites is 1. The van der Waals surface area contributed by atoms with Gasteiger partial charge in [0.15, 0.2) is 11.6 Å². The first kappa shape index (κ1) is 16.9. The SMILES string of the molecule is Nc1c(NNc2ccccc2)ncnc1N1CCN(c2ccccn2)CC1. The molecule has 3 aromatic rings. The van der Waals surface area contributed by atoms with Crippen LogP contribution in [0.5, 0.6) is 0 Å². The zero-order chi connectivity index (χ0) is 18.5. The second-order valence-corrected chi connectivity index (χ2v) is 6.24. The van der Waals surface area contributed by atoms with E-state index < -0.39 is 0 Å².